The zero-order chi connectivity index (χ0) is 13.7. The SMILES string of the molecule is COC1(C(=O)N(C)Cc2ccccc2)CCNCC1. The van der Waals surface area contributed by atoms with Gasteiger partial charge in [0.2, 0.25) is 0 Å². The Morgan fingerprint density at radius 1 is 1.32 bits per heavy atom. The maximum Gasteiger partial charge on any atom is 0.254 e. The number of rotatable bonds is 4. The third-order valence-corrected chi connectivity index (χ3v) is 3.80. The molecule has 0 atom stereocenters. The molecule has 2 rings (SSSR count). The number of piperidine rings is 1. The Hall–Kier alpha value is -1.39. The highest BCUT2D eigenvalue weighted by Gasteiger charge is 2.41. The molecule has 0 spiro atoms. The Kier molecular flexibility index (Phi) is 4.56. The number of amides is 1. The monoisotopic (exact) mass is 262 g/mol. The summed E-state index contributed by atoms with van der Waals surface area (Å²) in [5.41, 5.74) is 0.493. The minimum absolute atomic E-state index is 0.0837. The third kappa shape index (κ3) is 3.14. The molecule has 1 aromatic carbocycles. The van der Waals surface area contributed by atoms with Gasteiger partial charge in [0.25, 0.3) is 5.91 Å². The van der Waals surface area contributed by atoms with Crippen LogP contribution in [-0.2, 0) is 16.1 Å². The van der Waals surface area contributed by atoms with E-state index in [4.69, 9.17) is 4.74 Å². The lowest BCUT2D eigenvalue weighted by molar-refractivity contribution is -0.157. The van der Waals surface area contributed by atoms with Crippen molar-refractivity contribution in [2.24, 2.45) is 0 Å². The van der Waals surface area contributed by atoms with Crippen LogP contribution in [0.1, 0.15) is 18.4 Å². The lowest BCUT2D eigenvalue weighted by atomic mass is 9.90. The van der Waals surface area contributed by atoms with Gasteiger partial charge in [0.05, 0.1) is 0 Å². The summed E-state index contributed by atoms with van der Waals surface area (Å²) in [6.07, 6.45) is 1.48. The first-order valence-corrected chi connectivity index (χ1v) is 6.73. The first kappa shape index (κ1) is 14.0. The molecule has 4 nitrogen and oxygen atoms in total. The van der Waals surface area contributed by atoms with Crippen molar-refractivity contribution in [3.8, 4) is 0 Å². The standard InChI is InChI=1S/C15H22N2O2/c1-17(12-13-6-4-3-5-7-13)14(18)15(19-2)8-10-16-11-9-15/h3-7,16H,8-12H2,1-2H3. The van der Waals surface area contributed by atoms with E-state index in [0.717, 1.165) is 31.5 Å². The van der Waals surface area contributed by atoms with E-state index < -0.39 is 5.60 Å². The normalized spacial score (nSPS) is 18.0. The highest BCUT2D eigenvalue weighted by atomic mass is 16.5. The quantitative estimate of drug-likeness (QED) is 0.892. The van der Waals surface area contributed by atoms with E-state index >= 15 is 0 Å². The van der Waals surface area contributed by atoms with Crippen molar-refractivity contribution in [1.29, 1.82) is 0 Å². The summed E-state index contributed by atoms with van der Waals surface area (Å²) in [6, 6.07) is 10.0. The largest absolute Gasteiger partial charge is 0.368 e. The summed E-state index contributed by atoms with van der Waals surface area (Å²) in [7, 11) is 3.48. The van der Waals surface area contributed by atoms with E-state index in [0.29, 0.717) is 6.54 Å². The molecule has 104 valence electrons. The topological polar surface area (TPSA) is 41.6 Å². The summed E-state index contributed by atoms with van der Waals surface area (Å²) in [5.74, 6) is 0.0837. The summed E-state index contributed by atoms with van der Waals surface area (Å²) < 4.78 is 5.57. The number of carbonyl (C=O) groups is 1. The zero-order valence-corrected chi connectivity index (χ0v) is 11.7. The van der Waals surface area contributed by atoms with Gasteiger partial charge in [-0.25, -0.2) is 0 Å². The minimum atomic E-state index is -0.644. The zero-order valence-electron chi connectivity index (χ0n) is 11.7. The predicted octanol–water partition coefficient (Wildman–Crippen LogP) is 1.41. The molecule has 4 heteroatoms. The van der Waals surface area contributed by atoms with Crippen LogP contribution in [0, 0.1) is 0 Å². The van der Waals surface area contributed by atoms with Crippen LogP contribution in [0.4, 0.5) is 0 Å². The molecule has 1 heterocycles. The van der Waals surface area contributed by atoms with Crippen LogP contribution in [-0.4, -0.2) is 43.7 Å². The molecule has 1 aromatic rings. The Morgan fingerprint density at radius 3 is 2.53 bits per heavy atom. The van der Waals surface area contributed by atoms with Gasteiger partial charge in [-0.15, -0.1) is 0 Å². The van der Waals surface area contributed by atoms with Gasteiger partial charge in [-0.1, -0.05) is 30.3 Å². The van der Waals surface area contributed by atoms with Crippen molar-refractivity contribution in [3.63, 3.8) is 0 Å². The van der Waals surface area contributed by atoms with Crippen LogP contribution in [0.3, 0.4) is 0 Å². The molecular formula is C15H22N2O2. The van der Waals surface area contributed by atoms with Gasteiger partial charge in [-0.2, -0.15) is 0 Å². The Labute approximate surface area is 114 Å². The molecule has 1 N–H and O–H groups in total. The summed E-state index contributed by atoms with van der Waals surface area (Å²) >= 11 is 0. The second-order valence-corrected chi connectivity index (χ2v) is 5.10. The number of likely N-dealkylation sites (N-methyl/N-ethyl adjacent to an activating group) is 1. The summed E-state index contributed by atoms with van der Waals surface area (Å²) in [4.78, 5) is 14.4. The van der Waals surface area contributed by atoms with Crippen LogP contribution < -0.4 is 5.32 Å². The molecule has 1 amide bonds. The molecule has 1 fully saturated rings. The second-order valence-electron chi connectivity index (χ2n) is 5.10. The Morgan fingerprint density at radius 2 is 1.95 bits per heavy atom. The summed E-state index contributed by atoms with van der Waals surface area (Å²) in [5, 5.41) is 3.27. The number of hydrogen-bond acceptors (Lipinski definition) is 3. The van der Waals surface area contributed by atoms with Crippen molar-refractivity contribution in [2.45, 2.75) is 25.0 Å². The fourth-order valence-electron chi connectivity index (χ4n) is 2.61. The number of nitrogens with one attached hydrogen (secondary N) is 1. The van der Waals surface area contributed by atoms with E-state index in [2.05, 4.69) is 5.32 Å². The van der Waals surface area contributed by atoms with Gasteiger partial charge in [-0.05, 0) is 31.5 Å². The molecule has 0 saturated carbocycles. The molecule has 1 aliphatic rings. The molecule has 0 aromatic heterocycles. The van der Waals surface area contributed by atoms with E-state index in [1.807, 2.05) is 37.4 Å². The molecule has 0 aliphatic carbocycles. The number of hydrogen-bond donors (Lipinski definition) is 1. The molecule has 0 unspecified atom stereocenters. The van der Waals surface area contributed by atoms with Crippen LogP contribution in [0.15, 0.2) is 30.3 Å². The van der Waals surface area contributed by atoms with E-state index in [9.17, 15) is 4.79 Å². The molecule has 1 aliphatic heterocycles. The van der Waals surface area contributed by atoms with E-state index in [-0.39, 0.29) is 5.91 Å². The summed E-state index contributed by atoms with van der Waals surface area (Å²) in [6.45, 7) is 2.29. The van der Waals surface area contributed by atoms with Crippen LogP contribution in [0.5, 0.6) is 0 Å². The number of benzene rings is 1. The van der Waals surface area contributed by atoms with Gasteiger partial charge in [0, 0.05) is 20.7 Å². The number of carbonyl (C=O) groups excluding carboxylic acids is 1. The molecule has 1 saturated heterocycles. The Balaban J connectivity index is 2.05. The molecule has 19 heavy (non-hydrogen) atoms. The van der Waals surface area contributed by atoms with Crippen LogP contribution in [0.25, 0.3) is 0 Å². The smallest absolute Gasteiger partial charge is 0.254 e. The minimum Gasteiger partial charge on any atom is -0.368 e. The van der Waals surface area contributed by atoms with Crippen molar-refractivity contribution in [1.82, 2.24) is 10.2 Å². The van der Waals surface area contributed by atoms with Gasteiger partial charge in [0.15, 0.2) is 0 Å². The van der Waals surface area contributed by atoms with Gasteiger partial charge >= 0.3 is 0 Å². The van der Waals surface area contributed by atoms with Crippen molar-refractivity contribution >= 4 is 5.91 Å². The lowest BCUT2D eigenvalue weighted by Gasteiger charge is -2.37. The van der Waals surface area contributed by atoms with Crippen molar-refractivity contribution < 1.29 is 9.53 Å². The van der Waals surface area contributed by atoms with E-state index in [1.165, 1.54) is 0 Å². The Bertz CT molecular complexity index is 413. The van der Waals surface area contributed by atoms with Gasteiger partial charge < -0.3 is 15.0 Å². The maximum absolute atomic E-state index is 12.6. The van der Waals surface area contributed by atoms with Crippen molar-refractivity contribution in [2.75, 3.05) is 27.2 Å². The average molecular weight is 262 g/mol. The van der Waals surface area contributed by atoms with Crippen LogP contribution in [0.2, 0.25) is 0 Å². The average Bonchev–Trinajstić information content (AvgIpc) is 2.48. The van der Waals surface area contributed by atoms with Gasteiger partial charge in [-0.3, -0.25) is 4.79 Å². The van der Waals surface area contributed by atoms with Crippen molar-refractivity contribution in [3.05, 3.63) is 35.9 Å². The van der Waals surface area contributed by atoms with Crippen LogP contribution >= 0.6 is 0 Å². The first-order chi connectivity index (χ1) is 9.18. The van der Waals surface area contributed by atoms with Gasteiger partial charge in [0.1, 0.15) is 5.60 Å². The number of methoxy groups -OCH3 is 1. The fraction of sp³-hybridized carbons (Fsp3) is 0.533. The van der Waals surface area contributed by atoms with E-state index in [1.54, 1.807) is 12.0 Å². The highest BCUT2D eigenvalue weighted by Crippen LogP contribution is 2.25. The molecule has 0 radical (unpaired) electrons. The molecular weight excluding hydrogens is 240 g/mol. The molecule has 0 bridgehead atoms. The third-order valence-electron chi connectivity index (χ3n) is 3.80. The second kappa shape index (κ2) is 6.17. The lowest BCUT2D eigenvalue weighted by Crippen LogP contribution is -2.54. The maximum atomic E-state index is 12.6. The predicted molar refractivity (Wildman–Crippen MR) is 74.8 cm³/mol. The number of ether oxygens (including phenoxy) is 1. The highest BCUT2D eigenvalue weighted by molar-refractivity contribution is 5.85. The number of nitrogens with zero attached hydrogens (tertiary/aromatic N) is 1. The first-order valence-electron chi connectivity index (χ1n) is 6.73. The fourth-order valence-corrected chi connectivity index (χ4v) is 2.61.